The highest BCUT2D eigenvalue weighted by atomic mass is 16.5. The van der Waals surface area contributed by atoms with Gasteiger partial charge in [0.05, 0.1) is 6.61 Å². The lowest BCUT2D eigenvalue weighted by molar-refractivity contribution is 0.340. The van der Waals surface area contributed by atoms with Gasteiger partial charge in [0.2, 0.25) is 0 Å². The number of hydrogen-bond donors (Lipinski definition) is 1. The third-order valence-electron chi connectivity index (χ3n) is 1.90. The standard InChI is InChI=1S/C13H17NO/c1-3-15-13-9-7-12(8-10-13)6-4-5-11-14-2/h7-10,14H,3,5,11H2,1-2H3. The van der Waals surface area contributed by atoms with Crippen molar-refractivity contribution in [2.24, 2.45) is 0 Å². The Balaban J connectivity index is 2.51. The van der Waals surface area contributed by atoms with E-state index in [2.05, 4.69) is 17.2 Å². The summed E-state index contributed by atoms with van der Waals surface area (Å²) in [5.41, 5.74) is 1.04. The Labute approximate surface area is 91.6 Å². The van der Waals surface area contributed by atoms with Crippen molar-refractivity contribution in [1.29, 1.82) is 0 Å². The summed E-state index contributed by atoms with van der Waals surface area (Å²) >= 11 is 0. The third-order valence-corrected chi connectivity index (χ3v) is 1.90. The van der Waals surface area contributed by atoms with E-state index >= 15 is 0 Å². The van der Waals surface area contributed by atoms with Gasteiger partial charge < -0.3 is 10.1 Å². The first-order valence-corrected chi connectivity index (χ1v) is 5.23. The second-order valence-corrected chi connectivity index (χ2v) is 3.11. The molecule has 0 aliphatic rings. The van der Waals surface area contributed by atoms with Crippen molar-refractivity contribution in [2.75, 3.05) is 20.2 Å². The fourth-order valence-electron chi connectivity index (χ4n) is 1.15. The van der Waals surface area contributed by atoms with Gasteiger partial charge in [-0.25, -0.2) is 0 Å². The minimum absolute atomic E-state index is 0.702. The van der Waals surface area contributed by atoms with Crippen molar-refractivity contribution in [1.82, 2.24) is 5.32 Å². The third kappa shape index (κ3) is 4.53. The molecule has 0 amide bonds. The monoisotopic (exact) mass is 203 g/mol. The maximum atomic E-state index is 5.35. The predicted octanol–water partition coefficient (Wildman–Crippen LogP) is 2.05. The summed E-state index contributed by atoms with van der Waals surface area (Å²) in [6.45, 7) is 3.61. The van der Waals surface area contributed by atoms with Gasteiger partial charge in [-0.2, -0.15) is 0 Å². The molecule has 0 aliphatic carbocycles. The zero-order valence-electron chi connectivity index (χ0n) is 9.34. The first kappa shape index (κ1) is 11.6. The largest absolute Gasteiger partial charge is 0.494 e. The Morgan fingerprint density at radius 3 is 2.60 bits per heavy atom. The first-order valence-electron chi connectivity index (χ1n) is 5.23. The molecule has 1 aromatic carbocycles. The number of nitrogens with one attached hydrogen (secondary N) is 1. The highest BCUT2D eigenvalue weighted by Gasteiger charge is 1.90. The van der Waals surface area contributed by atoms with E-state index in [1.807, 2.05) is 38.2 Å². The van der Waals surface area contributed by atoms with Crippen LogP contribution in [-0.4, -0.2) is 20.2 Å². The highest BCUT2D eigenvalue weighted by Crippen LogP contribution is 2.10. The van der Waals surface area contributed by atoms with E-state index < -0.39 is 0 Å². The van der Waals surface area contributed by atoms with Crippen molar-refractivity contribution >= 4 is 0 Å². The van der Waals surface area contributed by atoms with Crippen molar-refractivity contribution < 1.29 is 4.74 Å². The van der Waals surface area contributed by atoms with E-state index in [0.717, 1.165) is 24.3 Å². The van der Waals surface area contributed by atoms with E-state index in [4.69, 9.17) is 4.74 Å². The molecular weight excluding hydrogens is 186 g/mol. The Hall–Kier alpha value is -1.46. The molecule has 0 fully saturated rings. The average molecular weight is 203 g/mol. The summed E-state index contributed by atoms with van der Waals surface area (Å²) in [6, 6.07) is 7.87. The molecule has 2 heteroatoms. The van der Waals surface area contributed by atoms with Crippen LogP contribution in [-0.2, 0) is 0 Å². The van der Waals surface area contributed by atoms with Crippen LogP contribution in [0.5, 0.6) is 5.75 Å². The molecule has 0 saturated heterocycles. The number of hydrogen-bond acceptors (Lipinski definition) is 2. The van der Waals surface area contributed by atoms with Crippen LogP contribution in [0.2, 0.25) is 0 Å². The van der Waals surface area contributed by atoms with E-state index in [-0.39, 0.29) is 0 Å². The molecule has 1 N–H and O–H groups in total. The summed E-state index contributed by atoms with van der Waals surface area (Å²) in [6.07, 6.45) is 0.879. The smallest absolute Gasteiger partial charge is 0.119 e. The van der Waals surface area contributed by atoms with E-state index in [1.54, 1.807) is 0 Å². The summed E-state index contributed by atoms with van der Waals surface area (Å²) < 4.78 is 5.35. The number of rotatable bonds is 4. The first-order chi connectivity index (χ1) is 7.36. The van der Waals surface area contributed by atoms with Crippen LogP contribution in [0.1, 0.15) is 18.9 Å². The molecule has 0 saturated carbocycles. The van der Waals surface area contributed by atoms with Crippen molar-refractivity contribution in [3.8, 4) is 17.6 Å². The molecule has 0 spiro atoms. The van der Waals surface area contributed by atoms with E-state index in [1.165, 1.54) is 0 Å². The maximum Gasteiger partial charge on any atom is 0.119 e. The topological polar surface area (TPSA) is 21.3 Å². The molecular formula is C13H17NO. The van der Waals surface area contributed by atoms with Crippen molar-refractivity contribution in [2.45, 2.75) is 13.3 Å². The molecule has 0 heterocycles. The van der Waals surface area contributed by atoms with Gasteiger partial charge in [-0.05, 0) is 38.2 Å². The van der Waals surface area contributed by atoms with E-state index in [9.17, 15) is 0 Å². The second kappa shape index (κ2) is 6.92. The lowest BCUT2D eigenvalue weighted by Crippen LogP contribution is -2.05. The fourth-order valence-corrected chi connectivity index (χ4v) is 1.15. The normalized spacial score (nSPS) is 9.20. The second-order valence-electron chi connectivity index (χ2n) is 3.11. The van der Waals surface area contributed by atoms with Gasteiger partial charge in [0.15, 0.2) is 0 Å². The van der Waals surface area contributed by atoms with Crippen LogP contribution in [0, 0.1) is 11.8 Å². The summed E-state index contributed by atoms with van der Waals surface area (Å²) in [5, 5.41) is 3.06. The minimum Gasteiger partial charge on any atom is -0.494 e. The molecule has 15 heavy (non-hydrogen) atoms. The van der Waals surface area contributed by atoms with Crippen LogP contribution in [0.3, 0.4) is 0 Å². The molecule has 1 aromatic rings. The fraction of sp³-hybridized carbons (Fsp3) is 0.385. The predicted molar refractivity (Wildman–Crippen MR) is 63.0 cm³/mol. The summed E-state index contributed by atoms with van der Waals surface area (Å²) in [4.78, 5) is 0. The zero-order chi connectivity index (χ0) is 10.9. The van der Waals surface area contributed by atoms with Crippen LogP contribution >= 0.6 is 0 Å². The molecule has 1 rings (SSSR count). The molecule has 0 atom stereocenters. The lowest BCUT2D eigenvalue weighted by atomic mass is 10.2. The van der Waals surface area contributed by atoms with Gasteiger partial charge in [-0.1, -0.05) is 11.8 Å². The van der Waals surface area contributed by atoms with Crippen LogP contribution in [0.15, 0.2) is 24.3 Å². The van der Waals surface area contributed by atoms with Gasteiger partial charge in [0.1, 0.15) is 5.75 Å². The van der Waals surface area contributed by atoms with Gasteiger partial charge in [-0.3, -0.25) is 0 Å². The number of ether oxygens (including phenoxy) is 1. The molecule has 0 radical (unpaired) electrons. The lowest BCUT2D eigenvalue weighted by Gasteiger charge is -2.01. The Bertz CT molecular complexity index is 332. The Morgan fingerprint density at radius 1 is 1.27 bits per heavy atom. The van der Waals surface area contributed by atoms with Crippen molar-refractivity contribution in [3.63, 3.8) is 0 Å². The summed E-state index contributed by atoms with van der Waals surface area (Å²) in [7, 11) is 1.93. The molecule has 80 valence electrons. The zero-order valence-corrected chi connectivity index (χ0v) is 9.34. The Morgan fingerprint density at radius 2 is 2.00 bits per heavy atom. The molecule has 2 nitrogen and oxygen atoms in total. The molecule has 0 bridgehead atoms. The van der Waals surface area contributed by atoms with Crippen LogP contribution in [0.25, 0.3) is 0 Å². The van der Waals surface area contributed by atoms with Crippen LogP contribution in [0.4, 0.5) is 0 Å². The SMILES string of the molecule is CCOc1ccc(C#CCCNC)cc1. The summed E-state index contributed by atoms with van der Waals surface area (Å²) in [5.74, 6) is 7.11. The maximum absolute atomic E-state index is 5.35. The van der Waals surface area contributed by atoms with E-state index in [0.29, 0.717) is 6.61 Å². The van der Waals surface area contributed by atoms with Gasteiger partial charge in [0.25, 0.3) is 0 Å². The van der Waals surface area contributed by atoms with Crippen molar-refractivity contribution in [3.05, 3.63) is 29.8 Å². The minimum atomic E-state index is 0.702. The molecule has 0 aromatic heterocycles. The molecule has 0 aliphatic heterocycles. The highest BCUT2D eigenvalue weighted by molar-refractivity contribution is 5.38. The van der Waals surface area contributed by atoms with Gasteiger partial charge in [-0.15, -0.1) is 0 Å². The number of benzene rings is 1. The van der Waals surface area contributed by atoms with Crippen LogP contribution < -0.4 is 10.1 Å². The molecule has 0 unspecified atom stereocenters. The quantitative estimate of drug-likeness (QED) is 0.597. The van der Waals surface area contributed by atoms with Gasteiger partial charge >= 0.3 is 0 Å². The average Bonchev–Trinajstić information content (AvgIpc) is 2.27. The Kier molecular flexibility index (Phi) is 5.35. The van der Waals surface area contributed by atoms with Gasteiger partial charge in [0, 0.05) is 18.5 Å².